The van der Waals surface area contributed by atoms with Crippen molar-refractivity contribution in [1.82, 2.24) is 4.90 Å². The minimum absolute atomic E-state index is 0.0144. The van der Waals surface area contributed by atoms with Crippen LogP contribution >= 0.6 is 0 Å². The summed E-state index contributed by atoms with van der Waals surface area (Å²) in [4.78, 5) is 24.9. The summed E-state index contributed by atoms with van der Waals surface area (Å²) in [6, 6.07) is 0.254. The lowest BCUT2D eigenvalue weighted by Gasteiger charge is -2.38. The van der Waals surface area contributed by atoms with Crippen LogP contribution in [0.2, 0.25) is 0 Å². The highest BCUT2D eigenvalue weighted by Crippen LogP contribution is 2.33. The van der Waals surface area contributed by atoms with E-state index in [0.717, 1.165) is 12.8 Å². The van der Waals surface area contributed by atoms with Gasteiger partial charge in [0.15, 0.2) is 0 Å². The molecule has 4 heteroatoms. The monoisotopic (exact) mass is 196 g/mol. The first-order valence-corrected chi connectivity index (χ1v) is 5.15. The van der Waals surface area contributed by atoms with Crippen LogP contribution in [-0.2, 0) is 9.59 Å². The molecule has 0 bridgehead atoms. The van der Waals surface area contributed by atoms with E-state index in [0.29, 0.717) is 0 Å². The Morgan fingerprint density at radius 3 is 1.93 bits per heavy atom. The van der Waals surface area contributed by atoms with E-state index in [1.165, 1.54) is 4.90 Å². The molecule has 14 heavy (non-hydrogen) atoms. The fourth-order valence-electron chi connectivity index (χ4n) is 2.18. The smallest absolute Gasteiger partial charge is 0.233 e. The van der Waals surface area contributed by atoms with Gasteiger partial charge in [-0.05, 0) is 12.8 Å². The summed E-state index contributed by atoms with van der Waals surface area (Å²) >= 11 is 0. The van der Waals surface area contributed by atoms with Gasteiger partial charge in [0.05, 0.1) is 0 Å². The van der Waals surface area contributed by atoms with Crippen molar-refractivity contribution in [1.29, 1.82) is 0 Å². The fourth-order valence-corrected chi connectivity index (χ4v) is 2.18. The Bertz CT molecular complexity index is 264. The highest BCUT2D eigenvalue weighted by atomic mass is 16.2. The maximum atomic E-state index is 11.7. The van der Waals surface area contributed by atoms with Crippen molar-refractivity contribution in [2.75, 3.05) is 0 Å². The van der Waals surface area contributed by atoms with E-state index in [2.05, 4.69) is 0 Å². The molecular weight excluding hydrogens is 180 g/mol. The molecule has 2 N–H and O–H groups in total. The van der Waals surface area contributed by atoms with Crippen molar-refractivity contribution >= 4 is 11.8 Å². The third-order valence-corrected chi connectivity index (χ3v) is 3.52. The topological polar surface area (TPSA) is 63.4 Å². The van der Waals surface area contributed by atoms with E-state index in [9.17, 15) is 9.59 Å². The van der Waals surface area contributed by atoms with Crippen LogP contribution < -0.4 is 5.73 Å². The summed E-state index contributed by atoms with van der Waals surface area (Å²) in [6.07, 6.45) is 1.55. The van der Waals surface area contributed by atoms with Gasteiger partial charge in [0.1, 0.15) is 0 Å². The highest BCUT2D eigenvalue weighted by molar-refractivity contribution is 6.05. The van der Waals surface area contributed by atoms with E-state index < -0.39 is 0 Å². The molecule has 0 radical (unpaired) electrons. The molecule has 2 unspecified atom stereocenters. The van der Waals surface area contributed by atoms with E-state index in [1.807, 2.05) is 13.8 Å². The average Bonchev–Trinajstić information content (AvgIpc) is 2.27. The lowest BCUT2D eigenvalue weighted by atomic mass is 9.86. The standard InChI is InChI=1S/C10H16N2O2/c1-5-6(2)10(14)12(9(5)13)8-3-7(11)4-8/h5-8H,3-4,11H2,1-2H3. The largest absolute Gasteiger partial charge is 0.328 e. The molecule has 1 saturated carbocycles. The van der Waals surface area contributed by atoms with Crippen molar-refractivity contribution in [3.8, 4) is 0 Å². The molecule has 2 aliphatic rings. The Morgan fingerprint density at radius 2 is 1.57 bits per heavy atom. The summed E-state index contributed by atoms with van der Waals surface area (Å²) in [5.41, 5.74) is 5.65. The number of amides is 2. The third-order valence-electron chi connectivity index (χ3n) is 3.52. The predicted octanol–water partition coefficient (Wildman–Crippen LogP) is 0.117. The zero-order valence-electron chi connectivity index (χ0n) is 8.56. The van der Waals surface area contributed by atoms with E-state index in [4.69, 9.17) is 5.73 Å². The second-order valence-corrected chi connectivity index (χ2v) is 4.51. The van der Waals surface area contributed by atoms with Gasteiger partial charge in [-0.15, -0.1) is 0 Å². The fraction of sp³-hybridized carbons (Fsp3) is 0.800. The molecule has 1 heterocycles. The quantitative estimate of drug-likeness (QED) is 0.606. The van der Waals surface area contributed by atoms with Crippen LogP contribution in [0.1, 0.15) is 26.7 Å². The van der Waals surface area contributed by atoms with Gasteiger partial charge in [-0.1, -0.05) is 13.8 Å². The van der Waals surface area contributed by atoms with Crippen molar-refractivity contribution < 1.29 is 9.59 Å². The summed E-state index contributed by atoms with van der Waals surface area (Å²) in [6.45, 7) is 3.65. The number of hydrogen-bond acceptors (Lipinski definition) is 3. The van der Waals surface area contributed by atoms with Gasteiger partial charge in [-0.2, -0.15) is 0 Å². The van der Waals surface area contributed by atoms with Gasteiger partial charge < -0.3 is 5.73 Å². The SMILES string of the molecule is CC1C(=O)N(C2CC(N)C2)C(=O)C1C. The average molecular weight is 196 g/mol. The minimum Gasteiger partial charge on any atom is -0.328 e. The molecule has 78 valence electrons. The predicted molar refractivity (Wildman–Crippen MR) is 51.2 cm³/mol. The van der Waals surface area contributed by atoms with Gasteiger partial charge in [-0.25, -0.2) is 0 Å². The first-order valence-electron chi connectivity index (χ1n) is 5.15. The summed E-state index contributed by atoms with van der Waals surface area (Å²) < 4.78 is 0. The maximum absolute atomic E-state index is 11.7. The molecule has 0 spiro atoms. The molecular formula is C10H16N2O2. The van der Waals surface area contributed by atoms with Crippen LogP contribution in [0.4, 0.5) is 0 Å². The summed E-state index contributed by atoms with van der Waals surface area (Å²) in [5.74, 6) is -0.336. The maximum Gasteiger partial charge on any atom is 0.233 e. The van der Waals surface area contributed by atoms with Crippen molar-refractivity contribution in [2.45, 2.75) is 38.8 Å². The zero-order chi connectivity index (χ0) is 10.5. The minimum atomic E-state index is -0.153. The van der Waals surface area contributed by atoms with Crippen molar-refractivity contribution in [2.24, 2.45) is 17.6 Å². The number of nitrogens with zero attached hydrogens (tertiary/aromatic N) is 1. The molecule has 2 fully saturated rings. The van der Waals surface area contributed by atoms with Gasteiger partial charge >= 0.3 is 0 Å². The molecule has 0 aromatic heterocycles. The number of hydrogen-bond donors (Lipinski definition) is 1. The van der Waals surface area contributed by atoms with Crippen LogP contribution in [0, 0.1) is 11.8 Å². The van der Waals surface area contributed by atoms with Crippen LogP contribution in [0.25, 0.3) is 0 Å². The molecule has 1 aliphatic heterocycles. The van der Waals surface area contributed by atoms with E-state index in [-0.39, 0.29) is 35.7 Å². The molecule has 4 nitrogen and oxygen atoms in total. The number of rotatable bonds is 1. The van der Waals surface area contributed by atoms with Gasteiger partial charge in [0, 0.05) is 23.9 Å². The summed E-state index contributed by atoms with van der Waals surface area (Å²) in [5, 5.41) is 0. The van der Waals surface area contributed by atoms with Gasteiger partial charge in [-0.3, -0.25) is 14.5 Å². The normalized spacial score (nSPS) is 42.9. The number of imide groups is 1. The molecule has 1 saturated heterocycles. The van der Waals surface area contributed by atoms with Crippen LogP contribution in [-0.4, -0.2) is 28.8 Å². The molecule has 2 amide bonds. The van der Waals surface area contributed by atoms with Crippen LogP contribution in [0.3, 0.4) is 0 Å². The zero-order valence-corrected chi connectivity index (χ0v) is 8.56. The number of likely N-dealkylation sites (tertiary alicyclic amines) is 1. The highest BCUT2D eigenvalue weighted by Gasteiger charge is 2.48. The number of carbonyl (C=O) groups excluding carboxylic acids is 2. The first kappa shape index (κ1) is 9.65. The Labute approximate surface area is 83.4 Å². The van der Waals surface area contributed by atoms with Crippen LogP contribution in [0.5, 0.6) is 0 Å². The van der Waals surface area contributed by atoms with Crippen molar-refractivity contribution in [3.05, 3.63) is 0 Å². The first-order chi connectivity index (χ1) is 6.52. The Hall–Kier alpha value is -0.900. The number of carbonyl (C=O) groups is 2. The molecule has 1 aliphatic carbocycles. The lowest BCUT2D eigenvalue weighted by molar-refractivity contribution is -0.144. The van der Waals surface area contributed by atoms with Crippen molar-refractivity contribution in [3.63, 3.8) is 0 Å². The lowest BCUT2D eigenvalue weighted by Crippen LogP contribution is -2.53. The van der Waals surface area contributed by atoms with Crippen LogP contribution in [0.15, 0.2) is 0 Å². The van der Waals surface area contributed by atoms with E-state index >= 15 is 0 Å². The molecule has 0 aromatic carbocycles. The third kappa shape index (κ3) is 1.17. The molecule has 2 atom stereocenters. The van der Waals surface area contributed by atoms with E-state index in [1.54, 1.807) is 0 Å². The molecule has 2 rings (SSSR count). The Balaban J connectivity index is 2.12. The summed E-state index contributed by atoms with van der Waals surface area (Å²) in [7, 11) is 0. The number of nitrogens with two attached hydrogens (primary N) is 1. The van der Waals surface area contributed by atoms with Gasteiger partial charge in [0.2, 0.25) is 11.8 Å². The second-order valence-electron chi connectivity index (χ2n) is 4.51. The second kappa shape index (κ2) is 3.05. The molecule has 0 aromatic rings. The Kier molecular flexibility index (Phi) is 2.10. The Morgan fingerprint density at radius 1 is 1.14 bits per heavy atom. The van der Waals surface area contributed by atoms with Gasteiger partial charge in [0.25, 0.3) is 0 Å².